The Labute approximate surface area is 309 Å². The fourth-order valence-corrected chi connectivity index (χ4v) is 8.21. The minimum Gasteiger partial charge on any atom is -0.351 e. The summed E-state index contributed by atoms with van der Waals surface area (Å²) < 4.78 is 0. The molecule has 0 aromatic carbocycles. The highest BCUT2D eigenvalue weighted by molar-refractivity contribution is 6.00. The van der Waals surface area contributed by atoms with E-state index in [0.29, 0.717) is 19.3 Å². The molecule has 52 heavy (non-hydrogen) atoms. The summed E-state index contributed by atoms with van der Waals surface area (Å²) >= 11 is 0. The van der Waals surface area contributed by atoms with E-state index < -0.39 is 36.2 Å². The molecule has 4 aliphatic rings. The summed E-state index contributed by atoms with van der Waals surface area (Å²) in [5.41, 5.74) is 0. The molecule has 6 N–H and O–H groups in total. The van der Waals surface area contributed by atoms with Gasteiger partial charge in [-0.15, -0.1) is 0 Å². The minimum atomic E-state index is -0.846. The van der Waals surface area contributed by atoms with Crippen LogP contribution in [-0.2, 0) is 24.0 Å². The fraction of sp³-hybridized carbons (Fsp3) is 0.838. The molecule has 4 fully saturated rings. The molecular weight excluding hydrogens is 666 g/mol. The van der Waals surface area contributed by atoms with Crippen LogP contribution >= 0.6 is 0 Å². The van der Waals surface area contributed by atoms with Crippen molar-refractivity contribution in [1.29, 1.82) is 0 Å². The maximum atomic E-state index is 14.3. The Morgan fingerprint density at radius 3 is 1.29 bits per heavy atom. The highest BCUT2D eigenvalue weighted by atomic mass is 16.2. The van der Waals surface area contributed by atoms with Crippen molar-refractivity contribution < 1.29 is 28.8 Å². The van der Waals surface area contributed by atoms with Crippen molar-refractivity contribution in [3.05, 3.63) is 0 Å². The normalized spacial score (nSPS) is 25.7. The monoisotopic (exact) mass is 732 g/mol. The van der Waals surface area contributed by atoms with Gasteiger partial charge in [0.25, 0.3) is 0 Å². The van der Waals surface area contributed by atoms with Gasteiger partial charge in [0.15, 0.2) is 5.78 Å². The molecule has 6 amide bonds. The molecule has 4 rings (SSSR count). The molecule has 4 saturated heterocycles. The zero-order valence-electron chi connectivity index (χ0n) is 31.8. The summed E-state index contributed by atoms with van der Waals surface area (Å²) in [4.78, 5) is 86.2. The Hall–Kier alpha value is -3.30. The molecule has 0 aliphatic carbocycles. The SMILES string of the molecule is CNCCCCCCC(=O)NC1C[C@H]2C(=O)C3CC(NC(=O)CCCCCNC)CN3C(=O)N3CC(NC(=O)CCCCCNC)C[C@H]3C(=O)N2C1. The topological polar surface area (TPSA) is 184 Å². The van der Waals surface area contributed by atoms with Crippen molar-refractivity contribution in [1.82, 2.24) is 46.6 Å². The van der Waals surface area contributed by atoms with Gasteiger partial charge in [0.1, 0.15) is 6.04 Å². The van der Waals surface area contributed by atoms with Crippen molar-refractivity contribution in [2.24, 2.45) is 0 Å². The number of hydrogen-bond donors (Lipinski definition) is 6. The van der Waals surface area contributed by atoms with Crippen molar-refractivity contribution in [3.8, 4) is 0 Å². The molecule has 0 spiro atoms. The molecule has 4 unspecified atom stereocenters. The first-order valence-electron chi connectivity index (χ1n) is 19.9. The van der Waals surface area contributed by atoms with Gasteiger partial charge in [-0.1, -0.05) is 25.7 Å². The van der Waals surface area contributed by atoms with Crippen LogP contribution < -0.4 is 31.9 Å². The number of Topliss-reactive ketones (excluding diaryl/α,β-unsaturated/α-hetero) is 1. The average molecular weight is 732 g/mol. The quantitative estimate of drug-likeness (QED) is 0.0870. The number of nitrogens with zero attached hydrogens (tertiary/aromatic N) is 3. The van der Waals surface area contributed by atoms with E-state index in [9.17, 15) is 28.8 Å². The van der Waals surface area contributed by atoms with Crippen molar-refractivity contribution in [2.75, 3.05) is 60.4 Å². The summed E-state index contributed by atoms with van der Waals surface area (Å²) in [7, 11) is 5.73. The number of fused-ring (bicyclic) bond motifs is 3. The standard InChI is InChI=1S/C37H65N9O6/c1-38-17-11-5-4-8-14-32(47)41-26-20-29-35(50)30-21-27(42-33(48)15-9-6-12-18-39-2)24-45(30)37(52)46-25-28(22-31(46)36(51)44(29)23-26)43-34(49)16-10-7-13-19-40-3/h26-31,38-40H,4-25H2,1-3H3,(H,41,47)(H,42,48)(H,43,49)/t26?,27?,28?,29-,30?,31-/m0/s1. The summed E-state index contributed by atoms with van der Waals surface area (Å²) in [5, 5.41) is 18.6. The smallest absolute Gasteiger partial charge is 0.321 e. The number of unbranched alkanes of at least 4 members (excludes halogenated alkanes) is 7. The maximum absolute atomic E-state index is 14.3. The second-order valence-electron chi connectivity index (χ2n) is 15.1. The van der Waals surface area contributed by atoms with Gasteiger partial charge in [0.05, 0.1) is 12.1 Å². The average Bonchev–Trinajstić information content (AvgIpc) is 3.86. The van der Waals surface area contributed by atoms with Crippen LogP contribution in [0.15, 0.2) is 0 Å². The van der Waals surface area contributed by atoms with Gasteiger partial charge in [0, 0.05) is 57.0 Å². The number of urea groups is 1. The predicted molar refractivity (Wildman–Crippen MR) is 198 cm³/mol. The molecule has 0 saturated carbocycles. The van der Waals surface area contributed by atoms with Crippen LogP contribution in [0, 0.1) is 0 Å². The van der Waals surface area contributed by atoms with Crippen molar-refractivity contribution in [2.45, 2.75) is 139 Å². The Morgan fingerprint density at radius 2 is 0.846 bits per heavy atom. The number of amides is 6. The highest BCUT2D eigenvalue weighted by Gasteiger charge is 2.54. The largest absolute Gasteiger partial charge is 0.351 e. The molecule has 15 heteroatoms. The third kappa shape index (κ3) is 11.9. The van der Waals surface area contributed by atoms with Gasteiger partial charge in [0.2, 0.25) is 23.6 Å². The summed E-state index contributed by atoms with van der Waals surface area (Å²) in [6, 6.07) is -4.05. The lowest BCUT2D eigenvalue weighted by Crippen LogP contribution is -2.52. The molecule has 0 bridgehead atoms. The van der Waals surface area contributed by atoms with E-state index in [0.717, 1.165) is 83.8 Å². The molecular formula is C37H65N9O6. The van der Waals surface area contributed by atoms with Crippen LogP contribution in [0.3, 0.4) is 0 Å². The van der Waals surface area contributed by atoms with Gasteiger partial charge in [-0.25, -0.2) is 4.79 Å². The molecule has 6 atom stereocenters. The molecule has 15 nitrogen and oxygen atoms in total. The van der Waals surface area contributed by atoms with Gasteiger partial charge in [-0.3, -0.25) is 24.0 Å². The number of carbonyl (C=O) groups is 6. The third-order valence-electron chi connectivity index (χ3n) is 11.0. The van der Waals surface area contributed by atoms with Crippen LogP contribution in [0.2, 0.25) is 0 Å². The fourth-order valence-electron chi connectivity index (χ4n) is 8.21. The van der Waals surface area contributed by atoms with Crippen LogP contribution in [0.4, 0.5) is 4.79 Å². The Kier molecular flexibility index (Phi) is 17.1. The lowest BCUT2D eigenvalue weighted by atomic mass is 9.98. The second-order valence-corrected chi connectivity index (χ2v) is 15.1. The van der Waals surface area contributed by atoms with Crippen LogP contribution in [0.5, 0.6) is 0 Å². The molecule has 294 valence electrons. The van der Waals surface area contributed by atoms with E-state index in [4.69, 9.17) is 0 Å². The van der Waals surface area contributed by atoms with Crippen molar-refractivity contribution in [3.63, 3.8) is 0 Å². The van der Waals surface area contributed by atoms with Crippen LogP contribution in [-0.4, -0.2) is 147 Å². The van der Waals surface area contributed by atoms with E-state index in [-0.39, 0.29) is 74.4 Å². The molecule has 4 aliphatic heterocycles. The van der Waals surface area contributed by atoms with E-state index in [1.54, 1.807) is 4.90 Å². The molecule has 0 aromatic heterocycles. The number of hydrogen-bond acceptors (Lipinski definition) is 9. The third-order valence-corrected chi connectivity index (χ3v) is 11.0. The van der Waals surface area contributed by atoms with Crippen LogP contribution in [0.1, 0.15) is 103 Å². The first-order valence-corrected chi connectivity index (χ1v) is 19.9. The first kappa shape index (κ1) is 41.5. The van der Waals surface area contributed by atoms with E-state index >= 15 is 0 Å². The lowest BCUT2D eigenvalue weighted by molar-refractivity contribution is -0.140. The van der Waals surface area contributed by atoms with E-state index in [1.165, 1.54) is 9.80 Å². The zero-order chi connectivity index (χ0) is 37.5. The van der Waals surface area contributed by atoms with Gasteiger partial charge in [-0.2, -0.15) is 0 Å². The molecule has 0 aromatic rings. The number of rotatable bonds is 22. The van der Waals surface area contributed by atoms with E-state index in [2.05, 4.69) is 31.9 Å². The Morgan fingerprint density at radius 1 is 0.500 bits per heavy atom. The summed E-state index contributed by atoms with van der Waals surface area (Å²) in [6.07, 6.45) is 11.1. The van der Waals surface area contributed by atoms with Crippen molar-refractivity contribution >= 4 is 35.4 Å². The number of ketones is 1. The van der Waals surface area contributed by atoms with Gasteiger partial charge < -0.3 is 46.6 Å². The first-order chi connectivity index (χ1) is 25.2. The number of nitrogens with one attached hydrogen (secondary N) is 6. The second kappa shape index (κ2) is 21.4. The van der Waals surface area contributed by atoms with Crippen LogP contribution in [0.25, 0.3) is 0 Å². The van der Waals surface area contributed by atoms with Gasteiger partial charge in [-0.05, 0) is 98.6 Å². The van der Waals surface area contributed by atoms with Gasteiger partial charge >= 0.3 is 6.03 Å². The predicted octanol–water partition coefficient (Wildman–Crippen LogP) is 0.623. The zero-order valence-corrected chi connectivity index (χ0v) is 31.8. The summed E-state index contributed by atoms with van der Waals surface area (Å²) in [6.45, 7) is 3.26. The Balaban J connectivity index is 1.45. The highest BCUT2D eigenvalue weighted by Crippen LogP contribution is 2.33. The minimum absolute atomic E-state index is 0.0890. The van der Waals surface area contributed by atoms with E-state index in [1.807, 2.05) is 21.1 Å². The lowest BCUT2D eigenvalue weighted by Gasteiger charge is -2.30. The summed E-state index contributed by atoms with van der Waals surface area (Å²) in [5.74, 6) is -0.836. The number of carbonyl (C=O) groups excluding carboxylic acids is 6. The molecule has 4 heterocycles. The maximum Gasteiger partial charge on any atom is 0.321 e. The molecule has 0 radical (unpaired) electrons. The Bertz CT molecular complexity index is 1150.